The largest absolute Gasteiger partial charge is 0.493 e. The molecule has 0 spiro atoms. The van der Waals surface area contributed by atoms with Crippen molar-refractivity contribution in [1.29, 1.82) is 0 Å². The molecule has 0 saturated carbocycles. The summed E-state index contributed by atoms with van der Waals surface area (Å²) in [7, 11) is 1.49. The number of carbonyl (C=O) groups is 1. The van der Waals surface area contributed by atoms with E-state index in [1.165, 1.54) is 36.3 Å². The first-order valence-electron chi connectivity index (χ1n) is 10.0. The maximum Gasteiger partial charge on any atom is 0.271 e. The van der Waals surface area contributed by atoms with E-state index in [1.54, 1.807) is 42.5 Å². The zero-order valence-electron chi connectivity index (χ0n) is 18.1. The Kier molecular flexibility index (Phi) is 7.67. The van der Waals surface area contributed by atoms with E-state index in [2.05, 4.69) is 22.6 Å². The van der Waals surface area contributed by atoms with Crippen LogP contribution in [0.1, 0.15) is 11.1 Å². The van der Waals surface area contributed by atoms with E-state index in [-0.39, 0.29) is 28.3 Å². The van der Waals surface area contributed by atoms with Crippen molar-refractivity contribution in [2.75, 3.05) is 12.0 Å². The fourth-order valence-electron chi connectivity index (χ4n) is 3.32. The SMILES string of the molecule is COc1cc(/C=C2\SC(=S)N(c3cccc([N+](=O)[O-])c3)C2=O)cc(I)c1OCc1ccccc1F. The lowest BCUT2D eigenvalue weighted by atomic mass is 10.1. The number of amides is 1. The Morgan fingerprint density at radius 2 is 1.97 bits per heavy atom. The molecule has 4 rings (SSSR count). The fourth-order valence-corrected chi connectivity index (χ4v) is 5.40. The summed E-state index contributed by atoms with van der Waals surface area (Å²) in [4.78, 5) is 25.3. The first-order chi connectivity index (χ1) is 16.8. The zero-order chi connectivity index (χ0) is 25.1. The molecule has 0 radical (unpaired) electrons. The highest BCUT2D eigenvalue weighted by atomic mass is 127. The highest BCUT2D eigenvalue weighted by molar-refractivity contribution is 14.1. The summed E-state index contributed by atoms with van der Waals surface area (Å²) in [6.45, 7) is 0.0280. The number of nitrogens with zero attached hydrogens (tertiary/aromatic N) is 2. The number of ether oxygens (including phenoxy) is 2. The number of non-ortho nitro benzene ring substituents is 1. The molecule has 1 aliphatic rings. The second-order valence-electron chi connectivity index (χ2n) is 7.21. The molecule has 0 unspecified atom stereocenters. The minimum atomic E-state index is -0.527. The Labute approximate surface area is 223 Å². The molecule has 0 aromatic heterocycles. The van der Waals surface area contributed by atoms with Gasteiger partial charge in [0.1, 0.15) is 12.4 Å². The number of nitro groups is 1. The molecule has 0 aliphatic carbocycles. The molecule has 0 bridgehead atoms. The van der Waals surface area contributed by atoms with Crippen molar-refractivity contribution >= 4 is 74.2 Å². The minimum Gasteiger partial charge on any atom is -0.493 e. The predicted octanol–water partition coefficient (Wildman–Crippen LogP) is 6.33. The van der Waals surface area contributed by atoms with Crippen LogP contribution in [0.4, 0.5) is 15.8 Å². The molecule has 1 heterocycles. The maximum atomic E-state index is 13.9. The molecule has 3 aromatic rings. The van der Waals surface area contributed by atoms with Crippen molar-refractivity contribution in [3.05, 3.63) is 96.2 Å². The molecule has 178 valence electrons. The molecule has 1 aliphatic heterocycles. The van der Waals surface area contributed by atoms with Gasteiger partial charge in [-0.2, -0.15) is 0 Å². The molecule has 0 atom stereocenters. The van der Waals surface area contributed by atoms with E-state index >= 15 is 0 Å². The van der Waals surface area contributed by atoms with E-state index in [0.717, 1.165) is 11.8 Å². The molecule has 35 heavy (non-hydrogen) atoms. The Morgan fingerprint density at radius 1 is 1.20 bits per heavy atom. The van der Waals surface area contributed by atoms with E-state index in [4.69, 9.17) is 21.7 Å². The van der Waals surface area contributed by atoms with Crippen LogP contribution in [0.2, 0.25) is 0 Å². The number of nitro benzene ring substituents is 1. The molecular weight excluding hydrogens is 606 g/mol. The van der Waals surface area contributed by atoms with Gasteiger partial charge in [0.15, 0.2) is 15.8 Å². The van der Waals surface area contributed by atoms with Crippen LogP contribution in [0.25, 0.3) is 6.08 Å². The van der Waals surface area contributed by atoms with Crippen LogP contribution in [-0.4, -0.2) is 22.3 Å². The average Bonchev–Trinajstić information content (AvgIpc) is 3.11. The van der Waals surface area contributed by atoms with Crippen molar-refractivity contribution in [2.45, 2.75) is 6.61 Å². The number of thiocarbonyl (C=S) groups is 1. The number of halogens is 2. The second-order valence-corrected chi connectivity index (χ2v) is 10.0. The quantitative estimate of drug-likeness (QED) is 0.100. The lowest BCUT2D eigenvalue weighted by molar-refractivity contribution is -0.384. The molecule has 11 heteroatoms. The Bertz CT molecular complexity index is 1380. The maximum absolute atomic E-state index is 13.9. The van der Waals surface area contributed by atoms with Crippen molar-refractivity contribution < 1.29 is 23.6 Å². The van der Waals surface area contributed by atoms with Crippen LogP contribution in [0, 0.1) is 19.5 Å². The molecule has 1 saturated heterocycles. The third-order valence-corrected chi connectivity index (χ3v) is 7.08. The van der Waals surface area contributed by atoms with Crippen molar-refractivity contribution in [3.63, 3.8) is 0 Å². The number of methoxy groups -OCH3 is 1. The Morgan fingerprint density at radius 3 is 2.69 bits per heavy atom. The average molecular weight is 622 g/mol. The number of benzene rings is 3. The van der Waals surface area contributed by atoms with Gasteiger partial charge >= 0.3 is 0 Å². The summed E-state index contributed by atoms with van der Waals surface area (Å²) in [5.74, 6) is 0.143. The fraction of sp³-hybridized carbons (Fsp3) is 0.0833. The summed E-state index contributed by atoms with van der Waals surface area (Å²) >= 11 is 8.56. The smallest absolute Gasteiger partial charge is 0.271 e. The number of anilines is 1. The summed E-state index contributed by atoms with van der Waals surface area (Å²) in [5.41, 5.74) is 1.28. The summed E-state index contributed by atoms with van der Waals surface area (Å²) < 4.78 is 26.3. The second kappa shape index (κ2) is 10.7. The third-order valence-electron chi connectivity index (χ3n) is 4.97. The first-order valence-corrected chi connectivity index (χ1v) is 12.3. The van der Waals surface area contributed by atoms with Crippen molar-refractivity contribution in [1.82, 2.24) is 0 Å². The highest BCUT2D eigenvalue weighted by Crippen LogP contribution is 2.39. The van der Waals surface area contributed by atoms with Gasteiger partial charge in [0.25, 0.3) is 11.6 Å². The van der Waals surface area contributed by atoms with Gasteiger partial charge in [-0.05, 0) is 58.5 Å². The van der Waals surface area contributed by atoms with Crippen molar-refractivity contribution in [3.8, 4) is 11.5 Å². The van der Waals surface area contributed by atoms with Gasteiger partial charge in [0.2, 0.25) is 0 Å². The molecule has 1 fully saturated rings. The summed E-state index contributed by atoms with van der Waals surface area (Å²) in [6.07, 6.45) is 1.67. The third kappa shape index (κ3) is 5.46. The van der Waals surface area contributed by atoms with E-state index in [9.17, 15) is 19.3 Å². The van der Waals surface area contributed by atoms with Gasteiger partial charge in [-0.1, -0.05) is 48.2 Å². The highest BCUT2D eigenvalue weighted by Gasteiger charge is 2.34. The van der Waals surface area contributed by atoms with Gasteiger partial charge in [-0.15, -0.1) is 0 Å². The van der Waals surface area contributed by atoms with Crippen molar-refractivity contribution in [2.24, 2.45) is 0 Å². The van der Waals surface area contributed by atoms with Crippen LogP contribution < -0.4 is 14.4 Å². The molecule has 7 nitrogen and oxygen atoms in total. The lowest BCUT2D eigenvalue weighted by Gasteiger charge is -2.14. The molecule has 0 N–H and O–H groups in total. The van der Waals surface area contributed by atoms with Crippen LogP contribution in [0.3, 0.4) is 0 Å². The monoisotopic (exact) mass is 622 g/mol. The van der Waals surface area contributed by atoms with Crippen LogP contribution >= 0.6 is 46.6 Å². The summed E-state index contributed by atoms with van der Waals surface area (Å²) in [6, 6.07) is 15.6. The molecular formula is C24H16FIN2O5S2. The molecule has 3 aromatic carbocycles. The van der Waals surface area contributed by atoms with E-state index in [0.29, 0.717) is 36.8 Å². The van der Waals surface area contributed by atoms with Gasteiger partial charge in [0, 0.05) is 17.7 Å². The van der Waals surface area contributed by atoms with Gasteiger partial charge < -0.3 is 9.47 Å². The van der Waals surface area contributed by atoms with Crippen LogP contribution in [0.15, 0.2) is 65.6 Å². The first kappa shape index (κ1) is 25.1. The Hall–Kier alpha value is -3.03. The minimum absolute atomic E-state index is 0.0280. The number of hydrogen-bond donors (Lipinski definition) is 0. The standard InChI is InChI=1S/C24H16FIN2O5S2/c1-32-20-10-14(9-19(26)22(20)33-13-15-5-2-3-8-18(15)25)11-21-23(29)27(24(34)35-21)16-6-4-7-17(12-16)28(30)31/h2-12H,13H2,1H3/b21-11-. The molecule has 1 amide bonds. The van der Waals surface area contributed by atoms with Crippen LogP contribution in [0.5, 0.6) is 11.5 Å². The topological polar surface area (TPSA) is 81.9 Å². The van der Waals surface area contributed by atoms with E-state index in [1.807, 2.05) is 0 Å². The normalized spacial score (nSPS) is 14.5. The number of rotatable bonds is 7. The van der Waals surface area contributed by atoms with Crippen LogP contribution in [-0.2, 0) is 11.4 Å². The number of hydrogen-bond acceptors (Lipinski definition) is 7. The van der Waals surface area contributed by atoms with Gasteiger partial charge in [-0.25, -0.2) is 4.39 Å². The summed E-state index contributed by atoms with van der Waals surface area (Å²) in [5, 5.41) is 11.1. The van der Waals surface area contributed by atoms with Gasteiger partial charge in [0.05, 0.1) is 26.2 Å². The number of carbonyl (C=O) groups excluding carboxylic acids is 1. The Balaban J connectivity index is 1.59. The zero-order valence-corrected chi connectivity index (χ0v) is 21.9. The predicted molar refractivity (Wildman–Crippen MR) is 145 cm³/mol. The van der Waals surface area contributed by atoms with E-state index < -0.39 is 4.92 Å². The number of thioether (sulfide) groups is 1. The lowest BCUT2D eigenvalue weighted by Crippen LogP contribution is -2.27. The van der Waals surface area contributed by atoms with Gasteiger partial charge in [-0.3, -0.25) is 19.8 Å².